The largest absolute Gasteiger partial charge is 0.477 e. The van der Waals surface area contributed by atoms with Crippen LogP contribution >= 0.6 is 0 Å². The highest BCUT2D eigenvalue weighted by Gasteiger charge is 2.36. The van der Waals surface area contributed by atoms with E-state index in [0.29, 0.717) is 12.8 Å². The number of aliphatic hydroxyl groups excluding tert-OH is 1. The van der Waals surface area contributed by atoms with Crippen LogP contribution in [0.2, 0.25) is 0 Å². The summed E-state index contributed by atoms with van der Waals surface area (Å²) < 4.78 is 0. The van der Waals surface area contributed by atoms with E-state index >= 15 is 0 Å². The number of carboxylic acids is 1. The number of aliphatic carboxylic acids is 1. The number of hydrazone groups is 1. The van der Waals surface area contributed by atoms with Gasteiger partial charge in [-0.2, -0.15) is 5.10 Å². The van der Waals surface area contributed by atoms with Crippen LogP contribution in [-0.2, 0) is 9.59 Å². The second kappa shape index (κ2) is 4.83. The number of hydrogen-bond donors (Lipinski definition) is 2. The van der Waals surface area contributed by atoms with Gasteiger partial charge >= 0.3 is 5.97 Å². The Labute approximate surface area is 98.9 Å². The van der Waals surface area contributed by atoms with Crippen LogP contribution in [-0.4, -0.2) is 45.0 Å². The number of carboxylic acid groups (broad SMARTS) is 1. The number of aliphatic hydroxyl groups is 1. The van der Waals surface area contributed by atoms with Gasteiger partial charge in [-0.05, 0) is 12.8 Å². The van der Waals surface area contributed by atoms with Crippen molar-refractivity contribution < 1.29 is 19.8 Å². The van der Waals surface area contributed by atoms with Gasteiger partial charge < -0.3 is 10.2 Å². The van der Waals surface area contributed by atoms with Crippen LogP contribution in [0.25, 0.3) is 0 Å². The van der Waals surface area contributed by atoms with Crippen LogP contribution in [0.15, 0.2) is 5.10 Å². The first-order valence-corrected chi connectivity index (χ1v) is 5.90. The smallest absolute Gasteiger partial charge is 0.352 e. The Hall–Kier alpha value is -1.43. The molecule has 2 rings (SSSR count). The first-order valence-electron chi connectivity index (χ1n) is 5.90. The standard InChI is InChI=1S/C11H16N2O4/c14-9-5-3-1-2-4-8(9)13-10(15)6-7(12-13)11(16)17/h8-9,14H,1-6H2,(H,16,17). The molecule has 2 unspecified atom stereocenters. The van der Waals surface area contributed by atoms with Crippen LogP contribution in [0.4, 0.5) is 0 Å². The van der Waals surface area contributed by atoms with E-state index in [1.807, 2.05) is 0 Å². The maximum absolute atomic E-state index is 11.7. The van der Waals surface area contributed by atoms with Gasteiger partial charge in [0.15, 0.2) is 5.71 Å². The molecule has 6 nitrogen and oxygen atoms in total. The second-order valence-electron chi connectivity index (χ2n) is 4.54. The van der Waals surface area contributed by atoms with Gasteiger partial charge in [0.05, 0.1) is 18.6 Å². The van der Waals surface area contributed by atoms with E-state index in [0.717, 1.165) is 19.3 Å². The van der Waals surface area contributed by atoms with Crippen LogP contribution in [0.1, 0.15) is 38.5 Å². The quantitative estimate of drug-likeness (QED) is 0.681. The predicted octanol–water partition coefficient (Wildman–Crippen LogP) is 0.353. The monoisotopic (exact) mass is 240 g/mol. The van der Waals surface area contributed by atoms with Crippen LogP contribution in [0.3, 0.4) is 0 Å². The molecule has 0 aromatic rings. The van der Waals surface area contributed by atoms with Gasteiger partial charge in [0.2, 0.25) is 5.91 Å². The Balaban J connectivity index is 2.15. The second-order valence-corrected chi connectivity index (χ2v) is 4.54. The first kappa shape index (κ1) is 12.0. The zero-order valence-corrected chi connectivity index (χ0v) is 9.50. The van der Waals surface area contributed by atoms with E-state index in [2.05, 4.69) is 5.10 Å². The molecule has 0 saturated heterocycles. The molecule has 2 atom stereocenters. The van der Waals surface area contributed by atoms with Gasteiger partial charge in [-0.3, -0.25) is 4.79 Å². The van der Waals surface area contributed by atoms with E-state index in [4.69, 9.17) is 5.11 Å². The third kappa shape index (κ3) is 2.46. The molecule has 2 N–H and O–H groups in total. The zero-order chi connectivity index (χ0) is 12.4. The Bertz CT molecular complexity index is 366. The van der Waals surface area contributed by atoms with Crippen LogP contribution in [0.5, 0.6) is 0 Å². The van der Waals surface area contributed by atoms with Gasteiger partial charge in [0, 0.05) is 0 Å². The molecule has 94 valence electrons. The minimum Gasteiger partial charge on any atom is -0.477 e. The van der Waals surface area contributed by atoms with E-state index in [1.54, 1.807) is 0 Å². The van der Waals surface area contributed by atoms with Crippen molar-refractivity contribution in [2.24, 2.45) is 5.10 Å². The maximum atomic E-state index is 11.7. The number of amides is 1. The SMILES string of the molecule is O=C(O)C1=NN(C2CCCCCC2O)C(=O)C1. The molecular weight excluding hydrogens is 224 g/mol. The van der Waals surface area contributed by atoms with Gasteiger partial charge in [0.1, 0.15) is 0 Å². The third-order valence-electron chi connectivity index (χ3n) is 3.31. The highest BCUT2D eigenvalue weighted by atomic mass is 16.4. The van der Waals surface area contributed by atoms with Crippen molar-refractivity contribution in [3.63, 3.8) is 0 Å². The summed E-state index contributed by atoms with van der Waals surface area (Å²) in [6.07, 6.45) is 3.47. The average molecular weight is 240 g/mol. The van der Waals surface area contributed by atoms with Crippen molar-refractivity contribution in [1.82, 2.24) is 5.01 Å². The van der Waals surface area contributed by atoms with Gasteiger partial charge in [-0.1, -0.05) is 19.3 Å². The van der Waals surface area contributed by atoms with E-state index in [9.17, 15) is 14.7 Å². The molecule has 1 aliphatic carbocycles. The van der Waals surface area contributed by atoms with Crippen LogP contribution in [0, 0.1) is 0 Å². The normalized spacial score (nSPS) is 30.1. The molecule has 2 aliphatic rings. The molecule has 0 bridgehead atoms. The van der Waals surface area contributed by atoms with Crippen molar-refractivity contribution in [2.45, 2.75) is 50.7 Å². The lowest BCUT2D eigenvalue weighted by Gasteiger charge is -2.27. The molecule has 17 heavy (non-hydrogen) atoms. The zero-order valence-electron chi connectivity index (χ0n) is 9.50. The minimum atomic E-state index is -1.16. The predicted molar refractivity (Wildman–Crippen MR) is 59.4 cm³/mol. The summed E-state index contributed by atoms with van der Waals surface area (Å²) in [5, 5.41) is 23.7. The minimum absolute atomic E-state index is 0.133. The number of rotatable bonds is 2. The number of hydrogen-bond acceptors (Lipinski definition) is 4. The molecule has 1 heterocycles. The fraction of sp³-hybridized carbons (Fsp3) is 0.727. The Morgan fingerprint density at radius 1 is 1.29 bits per heavy atom. The molecule has 6 heteroatoms. The summed E-state index contributed by atoms with van der Waals surface area (Å²) in [6.45, 7) is 0. The summed E-state index contributed by atoms with van der Waals surface area (Å²) >= 11 is 0. The first-order chi connectivity index (χ1) is 8.09. The molecule has 0 aromatic heterocycles. The highest BCUT2D eigenvalue weighted by Crippen LogP contribution is 2.25. The number of nitrogens with zero attached hydrogens (tertiary/aromatic N) is 2. The summed E-state index contributed by atoms with van der Waals surface area (Å²) in [7, 11) is 0. The van der Waals surface area contributed by atoms with Crippen molar-refractivity contribution in [3.8, 4) is 0 Å². The maximum Gasteiger partial charge on any atom is 0.352 e. The molecule has 0 radical (unpaired) electrons. The number of carbonyl (C=O) groups is 2. The van der Waals surface area contributed by atoms with E-state index in [1.165, 1.54) is 5.01 Å². The lowest BCUT2D eigenvalue weighted by atomic mass is 10.1. The van der Waals surface area contributed by atoms with Crippen molar-refractivity contribution >= 4 is 17.6 Å². The van der Waals surface area contributed by atoms with Crippen molar-refractivity contribution in [3.05, 3.63) is 0 Å². The lowest BCUT2D eigenvalue weighted by Crippen LogP contribution is -2.41. The van der Waals surface area contributed by atoms with Gasteiger partial charge in [-0.25, -0.2) is 9.80 Å². The Morgan fingerprint density at radius 3 is 2.65 bits per heavy atom. The highest BCUT2D eigenvalue weighted by molar-refractivity contribution is 6.40. The fourth-order valence-electron chi connectivity index (χ4n) is 2.38. The molecule has 1 aliphatic heterocycles. The van der Waals surface area contributed by atoms with Gasteiger partial charge in [0.25, 0.3) is 0 Å². The van der Waals surface area contributed by atoms with Crippen molar-refractivity contribution in [1.29, 1.82) is 0 Å². The molecule has 1 fully saturated rings. The van der Waals surface area contributed by atoms with E-state index < -0.39 is 12.1 Å². The third-order valence-corrected chi connectivity index (χ3v) is 3.31. The fourth-order valence-corrected chi connectivity index (χ4v) is 2.38. The Morgan fingerprint density at radius 2 is 2.00 bits per heavy atom. The molecule has 0 spiro atoms. The molecule has 0 aromatic carbocycles. The average Bonchev–Trinajstić information content (AvgIpc) is 2.53. The van der Waals surface area contributed by atoms with Crippen LogP contribution < -0.4 is 0 Å². The lowest BCUT2D eigenvalue weighted by molar-refractivity contribution is -0.134. The summed E-state index contributed by atoms with van der Waals surface area (Å²) in [4.78, 5) is 22.4. The van der Waals surface area contributed by atoms with E-state index in [-0.39, 0.29) is 24.1 Å². The summed E-state index contributed by atoms with van der Waals surface area (Å²) in [6, 6.07) is -0.359. The molecular formula is C11H16N2O4. The molecule has 1 saturated carbocycles. The summed E-state index contributed by atoms with van der Waals surface area (Å²) in [5.41, 5.74) is -0.133. The Kier molecular flexibility index (Phi) is 3.42. The van der Waals surface area contributed by atoms with Crippen molar-refractivity contribution in [2.75, 3.05) is 0 Å². The number of carbonyl (C=O) groups excluding carboxylic acids is 1. The summed E-state index contributed by atoms with van der Waals surface area (Å²) in [5.74, 6) is -1.49. The van der Waals surface area contributed by atoms with Gasteiger partial charge in [-0.15, -0.1) is 0 Å². The molecule has 1 amide bonds. The topological polar surface area (TPSA) is 90.2 Å².